The smallest absolute Gasteiger partial charge is 0.144 e. The molecule has 20 heavy (non-hydrogen) atoms. The fraction of sp³-hybridized carbons (Fsp3) is 0.267. The van der Waals surface area contributed by atoms with Crippen molar-refractivity contribution in [3.8, 4) is 0 Å². The van der Waals surface area contributed by atoms with E-state index in [1.54, 1.807) is 12.4 Å². The van der Waals surface area contributed by atoms with Crippen molar-refractivity contribution in [1.29, 1.82) is 0 Å². The number of rotatable bonds is 6. The topological polar surface area (TPSA) is 63.8 Å². The van der Waals surface area contributed by atoms with Gasteiger partial charge in [0.1, 0.15) is 16.5 Å². The highest BCUT2D eigenvalue weighted by molar-refractivity contribution is 7.80. The SMILES string of the molecule is CC(CCc1ccccc1)Nc1cnc(C(N)=S)cn1. The molecule has 0 saturated carbocycles. The number of thiocarbonyl (C=S) groups is 1. The van der Waals surface area contributed by atoms with E-state index >= 15 is 0 Å². The molecule has 3 N–H and O–H groups in total. The highest BCUT2D eigenvalue weighted by Gasteiger charge is 2.05. The summed E-state index contributed by atoms with van der Waals surface area (Å²) in [5.41, 5.74) is 7.37. The number of aromatic nitrogens is 2. The third kappa shape index (κ3) is 4.28. The summed E-state index contributed by atoms with van der Waals surface area (Å²) >= 11 is 4.84. The van der Waals surface area contributed by atoms with Gasteiger partial charge in [-0.3, -0.25) is 0 Å². The van der Waals surface area contributed by atoms with Gasteiger partial charge in [-0.05, 0) is 25.3 Å². The van der Waals surface area contributed by atoms with Gasteiger partial charge < -0.3 is 11.1 Å². The van der Waals surface area contributed by atoms with Gasteiger partial charge in [0.15, 0.2) is 0 Å². The number of anilines is 1. The molecule has 1 atom stereocenters. The monoisotopic (exact) mass is 286 g/mol. The molecular weight excluding hydrogens is 268 g/mol. The molecule has 104 valence electrons. The molecule has 0 bridgehead atoms. The highest BCUT2D eigenvalue weighted by Crippen LogP contribution is 2.09. The molecule has 0 fully saturated rings. The summed E-state index contributed by atoms with van der Waals surface area (Å²) in [5.74, 6) is 0.741. The summed E-state index contributed by atoms with van der Waals surface area (Å²) in [6, 6.07) is 10.8. The number of nitrogens with zero attached hydrogens (tertiary/aromatic N) is 2. The van der Waals surface area contributed by atoms with E-state index in [9.17, 15) is 0 Å². The van der Waals surface area contributed by atoms with Crippen LogP contribution in [0, 0.1) is 0 Å². The molecule has 0 radical (unpaired) electrons. The minimum absolute atomic E-state index is 0.265. The van der Waals surface area contributed by atoms with Gasteiger partial charge in [-0.2, -0.15) is 0 Å². The van der Waals surface area contributed by atoms with Crippen molar-refractivity contribution in [3.63, 3.8) is 0 Å². The van der Waals surface area contributed by atoms with Crippen LogP contribution in [0.5, 0.6) is 0 Å². The maximum Gasteiger partial charge on any atom is 0.144 e. The number of hydrogen-bond acceptors (Lipinski definition) is 4. The number of aryl methyl sites for hydroxylation is 1. The van der Waals surface area contributed by atoms with Crippen LogP contribution in [0.15, 0.2) is 42.7 Å². The predicted octanol–water partition coefficient (Wildman–Crippen LogP) is 2.54. The van der Waals surface area contributed by atoms with Crippen LogP contribution >= 0.6 is 12.2 Å². The lowest BCUT2D eigenvalue weighted by molar-refractivity contribution is 0.702. The summed E-state index contributed by atoms with van der Waals surface area (Å²) in [5, 5.41) is 3.32. The summed E-state index contributed by atoms with van der Waals surface area (Å²) in [6.07, 6.45) is 5.32. The third-order valence-corrected chi connectivity index (χ3v) is 3.22. The van der Waals surface area contributed by atoms with Crippen LogP contribution in [0.4, 0.5) is 5.82 Å². The normalized spacial score (nSPS) is 11.8. The van der Waals surface area contributed by atoms with Gasteiger partial charge in [-0.15, -0.1) is 0 Å². The summed E-state index contributed by atoms with van der Waals surface area (Å²) in [7, 11) is 0. The zero-order valence-electron chi connectivity index (χ0n) is 11.4. The fourth-order valence-corrected chi connectivity index (χ4v) is 1.99. The van der Waals surface area contributed by atoms with Crippen molar-refractivity contribution in [3.05, 3.63) is 54.0 Å². The van der Waals surface area contributed by atoms with Gasteiger partial charge in [0.25, 0.3) is 0 Å². The van der Waals surface area contributed by atoms with Gasteiger partial charge in [0.2, 0.25) is 0 Å². The van der Waals surface area contributed by atoms with Gasteiger partial charge in [0, 0.05) is 6.04 Å². The summed E-state index contributed by atoms with van der Waals surface area (Å²) in [4.78, 5) is 8.68. The molecule has 0 aliphatic rings. The Morgan fingerprint density at radius 3 is 2.60 bits per heavy atom. The van der Waals surface area contributed by atoms with Crippen molar-refractivity contribution < 1.29 is 0 Å². The first kappa shape index (κ1) is 14.4. The molecule has 1 unspecified atom stereocenters. The molecule has 1 aromatic carbocycles. The lowest BCUT2D eigenvalue weighted by Gasteiger charge is -2.14. The second-order valence-corrected chi connectivity index (χ2v) is 5.16. The number of benzene rings is 1. The highest BCUT2D eigenvalue weighted by atomic mass is 32.1. The van der Waals surface area contributed by atoms with Crippen LogP contribution in [-0.4, -0.2) is 21.0 Å². The van der Waals surface area contributed by atoms with E-state index in [1.165, 1.54) is 5.56 Å². The second kappa shape index (κ2) is 6.96. The number of nitrogens with one attached hydrogen (secondary N) is 1. The van der Waals surface area contributed by atoms with Crippen LogP contribution in [0.25, 0.3) is 0 Å². The van der Waals surface area contributed by atoms with E-state index in [4.69, 9.17) is 18.0 Å². The molecule has 1 heterocycles. The largest absolute Gasteiger partial charge is 0.388 e. The van der Waals surface area contributed by atoms with E-state index in [2.05, 4.69) is 46.5 Å². The number of hydrogen-bond donors (Lipinski definition) is 2. The van der Waals surface area contributed by atoms with Crippen molar-refractivity contribution in [2.45, 2.75) is 25.8 Å². The third-order valence-electron chi connectivity index (χ3n) is 3.01. The molecule has 0 amide bonds. The molecule has 4 nitrogen and oxygen atoms in total. The van der Waals surface area contributed by atoms with Crippen molar-refractivity contribution in [1.82, 2.24) is 9.97 Å². The van der Waals surface area contributed by atoms with E-state index < -0.39 is 0 Å². The van der Waals surface area contributed by atoms with E-state index in [1.807, 2.05) is 6.07 Å². The predicted molar refractivity (Wildman–Crippen MR) is 85.8 cm³/mol. The first-order valence-electron chi connectivity index (χ1n) is 6.57. The zero-order valence-corrected chi connectivity index (χ0v) is 12.2. The number of nitrogens with two attached hydrogens (primary N) is 1. The maximum absolute atomic E-state index is 5.49. The molecule has 0 aliphatic heterocycles. The average Bonchev–Trinajstić information content (AvgIpc) is 2.47. The Labute approximate surface area is 124 Å². The second-order valence-electron chi connectivity index (χ2n) is 4.72. The first-order chi connectivity index (χ1) is 9.65. The van der Waals surface area contributed by atoms with Gasteiger partial charge in [0.05, 0.1) is 12.4 Å². The lowest BCUT2D eigenvalue weighted by Crippen LogP contribution is -2.18. The van der Waals surface area contributed by atoms with E-state index in [0.717, 1.165) is 18.7 Å². The molecule has 0 spiro atoms. The van der Waals surface area contributed by atoms with E-state index in [-0.39, 0.29) is 4.99 Å². The van der Waals surface area contributed by atoms with Crippen molar-refractivity contribution in [2.24, 2.45) is 5.73 Å². The van der Waals surface area contributed by atoms with Crippen molar-refractivity contribution >= 4 is 23.0 Å². The first-order valence-corrected chi connectivity index (χ1v) is 6.98. The summed E-state index contributed by atoms with van der Waals surface area (Å²) in [6.45, 7) is 2.13. The van der Waals surface area contributed by atoms with Crippen LogP contribution in [-0.2, 0) is 6.42 Å². The summed E-state index contributed by atoms with van der Waals surface area (Å²) < 4.78 is 0. The molecule has 0 saturated heterocycles. The molecule has 2 aromatic rings. The minimum Gasteiger partial charge on any atom is -0.388 e. The van der Waals surface area contributed by atoms with Crippen LogP contribution in [0.3, 0.4) is 0 Å². The zero-order chi connectivity index (χ0) is 14.4. The molecule has 1 aromatic heterocycles. The Morgan fingerprint density at radius 1 is 1.25 bits per heavy atom. The van der Waals surface area contributed by atoms with Crippen LogP contribution in [0.1, 0.15) is 24.6 Å². The molecule has 5 heteroatoms. The van der Waals surface area contributed by atoms with Gasteiger partial charge in [-0.1, -0.05) is 42.5 Å². The minimum atomic E-state index is 0.265. The maximum atomic E-state index is 5.49. The van der Waals surface area contributed by atoms with Crippen LogP contribution < -0.4 is 11.1 Å². The Kier molecular flexibility index (Phi) is 5.01. The Hall–Kier alpha value is -2.01. The molecule has 0 aliphatic carbocycles. The molecule has 2 rings (SSSR count). The Balaban J connectivity index is 1.85. The van der Waals surface area contributed by atoms with Crippen molar-refractivity contribution in [2.75, 3.05) is 5.32 Å². The Morgan fingerprint density at radius 2 is 2.00 bits per heavy atom. The van der Waals surface area contributed by atoms with E-state index in [0.29, 0.717) is 11.7 Å². The lowest BCUT2D eigenvalue weighted by atomic mass is 10.1. The standard InChI is InChI=1S/C15H18N4S/c1-11(7-8-12-5-3-2-4-6-12)19-14-10-17-13(9-18-14)15(16)20/h2-6,9-11H,7-8H2,1H3,(H2,16,20)(H,18,19). The fourth-order valence-electron chi connectivity index (χ4n) is 1.88. The quantitative estimate of drug-likeness (QED) is 0.799. The van der Waals surface area contributed by atoms with Gasteiger partial charge in [-0.25, -0.2) is 9.97 Å². The Bertz CT molecular complexity index is 554. The van der Waals surface area contributed by atoms with Gasteiger partial charge >= 0.3 is 0 Å². The average molecular weight is 286 g/mol. The van der Waals surface area contributed by atoms with Crippen LogP contribution in [0.2, 0.25) is 0 Å². The molecular formula is C15H18N4S.